The summed E-state index contributed by atoms with van der Waals surface area (Å²) < 4.78 is 29.1. The van der Waals surface area contributed by atoms with E-state index in [1.165, 1.54) is 6.08 Å². The fourth-order valence-corrected chi connectivity index (χ4v) is 3.30. The van der Waals surface area contributed by atoms with E-state index < -0.39 is 13.6 Å². The second-order valence-corrected chi connectivity index (χ2v) is 6.88. The van der Waals surface area contributed by atoms with Crippen molar-refractivity contribution in [2.45, 2.75) is 0 Å². The summed E-state index contributed by atoms with van der Waals surface area (Å²) in [5.74, 6) is 0.349. The highest BCUT2D eigenvalue weighted by Crippen LogP contribution is 2.47. The van der Waals surface area contributed by atoms with Crippen molar-refractivity contribution >= 4 is 13.6 Å². The summed E-state index contributed by atoms with van der Waals surface area (Å²) in [7, 11) is -3.58. The van der Waals surface area contributed by atoms with E-state index in [-0.39, 0.29) is 19.4 Å². The van der Waals surface area contributed by atoms with Gasteiger partial charge in [-0.2, -0.15) is 0 Å². The number of carbonyl (C=O) groups is 1. The Morgan fingerprint density at radius 3 is 2.00 bits per heavy atom. The monoisotopic (exact) mass is 361 g/mol. The van der Waals surface area contributed by atoms with Crippen LogP contribution in [0.25, 0.3) is 0 Å². The molecule has 0 amide bonds. The van der Waals surface area contributed by atoms with Gasteiger partial charge in [0, 0.05) is 0 Å². The first kappa shape index (κ1) is 18.8. The fraction of sp³-hybridized carbons (Fsp3) is 0.167. The summed E-state index contributed by atoms with van der Waals surface area (Å²) in [5, 5.41) is 2.75. The third-order valence-corrected chi connectivity index (χ3v) is 4.50. The molecule has 0 bridgehead atoms. The largest absolute Gasteiger partial charge is 0.461 e. The van der Waals surface area contributed by atoms with Crippen molar-refractivity contribution in [2.24, 2.45) is 0 Å². The molecule has 2 aromatic rings. The van der Waals surface area contributed by atoms with Gasteiger partial charge in [0.1, 0.15) is 24.4 Å². The molecule has 2 rings (SSSR count). The zero-order valence-electron chi connectivity index (χ0n) is 13.7. The van der Waals surface area contributed by atoms with E-state index in [9.17, 15) is 9.36 Å². The quantitative estimate of drug-likeness (QED) is 0.396. The molecule has 0 spiro atoms. The summed E-state index contributed by atoms with van der Waals surface area (Å²) in [6, 6.07) is 17.4. The zero-order valence-corrected chi connectivity index (χ0v) is 14.6. The molecule has 7 heteroatoms. The lowest BCUT2D eigenvalue weighted by Gasteiger charge is -2.20. The Morgan fingerprint density at radius 1 is 1.00 bits per heavy atom. The standard InChI is InChI=1S/C18H20NO5P/c1-2-13-22-18(20)14-19-15-25(21,23-16-9-5-3-6-10-16)24-17-11-7-4-8-12-17/h2-12,19H,1,13-15H2. The van der Waals surface area contributed by atoms with Crippen molar-refractivity contribution in [1.82, 2.24) is 5.32 Å². The Hall–Kier alpha value is -2.56. The lowest BCUT2D eigenvalue weighted by atomic mass is 10.3. The minimum atomic E-state index is -3.58. The Labute approximate surface area is 147 Å². The number of nitrogens with one attached hydrogen (secondary N) is 1. The Morgan fingerprint density at radius 2 is 1.52 bits per heavy atom. The number of ether oxygens (including phenoxy) is 1. The minimum Gasteiger partial charge on any atom is -0.461 e. The van der Waals surface area contributed by atoms with Crippen molar-refractivity contribution in [3.63, 3.8) is 0 Å². The topological polar surface area (TPSA) is 73.9 Å². The maximum absolute atomic E-state index is 13.1. The smallest absolute Gasteiger partial charge is 0.444 e. The molecular formula is C18H20NO5P. The molecule has 1 N–H and O–H groups in total. The van der Waals surface area contributed by atoms with Crippen molar-refractivity contribution in [3.05, 3.63) is 73.3 Å². The molecule has 0 saturated heterocycles. The number of hydrogen-bond donors (Lipinski definition) is 1. The zero-order chi connectivity index (χ0) is 18.0. The highest BCUT2D eigenvalue weighted by molar-refractivity contribution is 7.54. The highest BCUT2D eigenvalue weighted by atomic mass is 31.2. The van der Waals surface area contributed by atoms with E-state index in [1.807, 2.05) is 12.1 Å². The first-order valence-electron chi connectivity index (χ1n) is 7.67. The van der Waals surface area contributed by atoms with Crippen molar-refractivity contribution in [1.29, 1.82) is 0 Å². The number of esters is 1. The molecular weight excluding hydrogens is 341 g/mol. The summed E-state index contributed by atoms with van der Waals surface area (Å²) in [6.07, 6.45) is 1.32. The van der Waals surface area contributed by atoms with E-state index >= 15 is 0 Å². The van der Waals surface area contributed by atoms with Crippen LogP contribution < -0.4 is 14.4 Å². The maximum atomic E-state index is 13.1. The molecule has 0 heterocycles. The second kappa shape index (κ2) is 9.67. The minimum absolute atomic E-state index is 0.117. The third kappa shape index (κ3) is 6.83. The molecule has 0 fully saturated rings. The van der Waals surface area contributed by atoms with Gasteiger partial charge in [0.25, 0.3) is 0 Å². The van der Waals surface area contributed by atoms with Crippen LogP contribution >= 0.6 is 7.60 Å². The van der Waals surface area contributed by atoms with Crippen LogP contribution in [0.3, 0.4) is 0 Å². The predicted octanol–water partition coefficient (Wildman–Crippen LogP) is 3.61. The van der Waals surface area contributed by atoms with E-state index in [0.29, 0.717) is 11.5 Å². The molecule has 0 saturated carbocycles. The van der Waals surface area contributed by atoms with E-state index in [1.54, 1.807) is 48.5 Å². The fourth-order valence-electron chi connectivity index (χ4n) is 1.86. The van der Waals surface area contributed by atoms with Gasteiger partial charge in [-0.15, -0.1) is 0 Å². The molecule has 0 unspecified atom stereocenters. The molecule has 25 heavy (non-hydrogen) atoms. The van der Waals surface area contributed by atoms with Crippen LogP contribution in [0.2, 0.25) is 0 Å². The average molecular weight is 361 g/mol. The van der Waals surface area contributed by atoms with Gasteiger partial charge in [-0.25, -0.2) is 4.57 Å². The van der Waals surface area contributed by atoms with Crippen molar-refractivity contribution < 1.29 is 23.1 Å². The van der Waals surface area contributed by atoms with Crippen LogP contribution in [-0.4, -0.2) is 25.4 Å². The second-order valence-electron chi connectivity index (χ2n) is 4.98. The Balaban J connectivity index is 2.02. The van der Waals surface area contributed by atoms with Crippen LogP contribution in [-0.2, 0) is 14.1 Å². The summed E-state index contributed by atoms with van der Waals surface area (Å²) in [5.41, 5.74) is 0. The van der Waals surface area contributed by atoms with Gasteiger partial charge in [-0.1, -0.05) is 49.1 Å². The molecule has 0 radical (unpaired) electrons. The number of benzene rings is 2. The Bertz CT molecular complexity index is 675. The average Bonchev–Trinajstić information content (AvgIpc) is 2.61. The lowest BCUT2D eigenvalue weighted by Crippen LogP contribution is -2.27. The molecule has 2 aromatic carbocycles. The SMILES string of the molecule is C=CCOC(=O)CNCP(=O)(Oc1ccccc1)Oc1ccccc1. The van der Waals surface area contributed by atoms with Gasteiger partial charge in [-0.3, -0.25) is 10.1 Å². The van der Waals surface area contributed by atoms with Crippen LogP contribution in [0.15, 0.2) is 73.3 Å². The molecule has 0 aliphatic rings. The van der Waals surface area contributed by atoms with E-state index in [2.05, 4.69) is 11.9 Å². The lowest BCUT2D eigenvalue weighted by molar-refractivity contribution is -0.141. The molecule has 0 aliphatic carbocycles. The van der Waals surface area contributed by atoms with Gasteiger partial charge in [-0.05, 0) is 24.3 Å². The predicted molar refractivity (Wildman–Crippen MR) is 95.8 cm³/mol. The van der Waals surface area contributed by atoms with E-state index in [0.717, 1.165) is 0 Å². The molecule has 0 aromatic heterocycles. The first-order chi connectivity index (χ1) is 12.1. The van der Waals surface area contributed by atoms with Gasteiger partial charge in [0.05, 0.1) is 6.54 Å². The number of carbonyl (C=O) groups excluding carboxylic acids is 1. The number of hydrogen-bond acceptors (Lipinski definition) is 6. The Kier molecular flexibility index (Phi) is 7.26. The summed E-state index contributed by atoms with van der Waals surface area (Å²) >= 11 is 0. The van der Waals surface area contributed by atoms with E-state index in [4.69, 9.17) is 13.8 Å². The molecule has 0 aliphatic heterocycles. The van der Waals surface area contributed by atoms with Crippen LogP contribution in [0, 0.1) is 0 Å². The first-order valence-corrected chi connectivity index (χ1v) is 9.40. The normalized spacial score (nSPS) is 10.7. The van der Waals surface area contributed by atoms with Gasteiger partial charge in [0.15, 0.2) is 0 Å². The maximum Gasteiger partial charge on any atom is 0.444 e. The van der Waals surface area contributed by atoms with Crippen molar-refractivity contribution in [2.75, 3.05) is 19.4 Å². The van der Waals surface area contributed by atoms with Crippen LogP contribution in [0.5, 0.6) is 11.5 Å². The van der Waals surface area contributed by atoms with Crippen LogP contribution in [0.4, 0.5) is 0 Å². The third-order valence-electron chi connectivity index (χ3n) is 2.91. The van der Waals surface area contributed by atoms with Gasteiger partial charge >= 0.3 is 13.6 Å². The summed E-state index contributed by atoms with van der Waals surface area (Å²) in [4.78, 5) is 11.5. The van der Waals surface area contributed by atoms with Crippen LogP contribution in [0.1, 0.15) is 0 Å². The molecule has 132 valence electrons. The van der Waals surface area contributed by atoms with Gasteiger partial charge < -0.3 is 13.8 Å². The summed E-state index contributed by atoms with van der Waals surface area (Å²) in [6.45, 7) is 3.47. The highest BCUT2D eigenvalue weighted by Gasteiger charge is 2.28. The molecule has 6 nitrogen and oxygen atoms in total. The molecule has 0 atom stereocenters. The number of para-hydroxylation sites is 2. The number of rotatable bonds is 10. The van der Waals surface area contributed by atoms with Crippen molar-refractivity contribution in [3.8, 4) is 11.5 Å². The van der Waals surface area contributed by atoms with Gasteiger partial charge in [0.2, 0.25) is 0 Å².